The minimum atomic E-state index is -3.37. The topological polar surface area (TPSA) is 49.4 Å². The molecule has 0 radical (unpaired) electrons. The predicted octanol–water partition coefficient (Wildman–Crippen LogP) is 1.70. The summed E-state index contributed by atoms with van der Waals surface area (Å²) in [5.74, 6) is 0. The molecule has 5 heteroatoms. The molecule has 0 aliphatic carbocycles. The molecule has 0 amide bonds. The molecule has 1 aromatic carbocycles. The number of benzene rings is 1. The molecule has 0 aromatic heterocycles. The van der Waals surface area contributed by atoms with E-state index in [2.05, 4.69) is 23.6 Å². The molecule has 0 bridgehead atoms. The monoisotopic (exact) mass is 282 g/mol. The van der Waals surface area contributed by atoms with E-state index in [0.29, 0.717) is 11.4 Å². The van der Waals surface area contributed by atoms with E-state index < -0.39 is 10.0 Å². The summed E-state index contributed by atoms with van der Waals surface area (Å²) in [4.78, 5) is 2.62. The van der Waals surface area contributed by atoms with Gasteiger partial charge in [-0.3, -0.25) is 0 Å². The van der Waals surface area contributed by atoms with E-state index in [0.717, 1.165) is 25.9 Å². The second-order valence-corrected chi connectivity index (χ2v) is 7.52. The molecule has 0 unspecified atom stereocenters. The zero-order valence-corrected chi connectivity index (χ0v) is 12.4. The fraction of sp³-hybridized carbons (Fsp3) is 0.571. The molecule has 2 rings (SSSR count). The van der Waals surface area contributed by atoms with Gasteiger partial charge >= 0.3 is 0 Å². The number of nitrogens with one attached hydrogen (secondary N) is 1. The third-order valence-corrected chi connectivity index (χ3v) is 5.35. The molecule has 106 valence electrons. The largest absolute Gasteiger partial charge is 0.306 e. The molecular formula is C14H22N2O2S. The van der Waals surface area contributed by atoms with E-state index in [-0.39, 0.29) is 5.41 Å². The first-order valence-corrected chi connectivity index (χ1v) is 8.13. The Balaban J connectivity index is 1.99. The normalized spacial score (nSPS) is 20.3. The van der Waals surface area contributed by atoms with Gasteiger partial charge in [0.25, 0.3) is 0 Å². The number of piperidine rings is 1. The van der Waals surface area contributed by atoms with Gasteiger partial charge in [0.05, 0.1) is 4.90 Å². The lowest BCUT2D eigenvalue weighted by molar-refractivity contribution is 0.143. The van der Waals surface area contributed by atoms with Crippen LogP contribution in [0.1, 0.15) is 19.8 Å². The van der Waals surface area contributed by atoms with E-state index >= 15 is 0 Å². The quantitative estimate of drug-likeness (QED) is 0.914. The maximum absolute atomic E-state index is 12.2. The molecule has 1 N–H and O–H groups in total. The molecular weight excluding hydrogens is 260 g/mol. The summed E-state index contributed by atoms with van der Waals surface area (Å²) in [7, 11) is -1.27. The molecule has 19 heavy (non-hydrogen) atoms. The van der Waals surface area contributed by atoms with Gasteiger partial charge in [-0.2, -0.15) is 0 Å². The zero-order chi connectivity index (χ0) is 13.9. The molecule has 1 aromatic rings. The summed E-state index contributed by atoms with van der Waals surface area (Å²) in [6.07, 6.45) is 2.06. The maximum atomic E-state index is 12.2. The Kier molecular flexibility index (Phi) is 4.28. The molecule has 0 spiro atoms. The summed E-state index contributed by atoms with van der Waals surface area (Å²) < 4.78 is 27.1. The Hall–Kier alpha value is -0.910. The van der Waals surface area contributed by atoms with Crippen molar-refractivity contribution in [2.75, 3.05) is 26.7 Å². The second-order valence-electron chi connectivity index (χ2n) is 5.75. The molecule has 1 fully saturated rings. The minimum absolute atomic E-state index is 0.0638. The van der Waals surface area contributed by atoms with Crippen LogP contribution >= 0.6 is 0 Å². The van der Waals surface area contributed by atoms with E-state index in [1.54, 1.807) is 24.3 Å². The van der Waals surface area contributed by atoms with Crippen LogP contribution in [0.25, 0.3) is 0 Å². The third kappa shape index (κ3) is 3.78. The van der Waals surface area contributed by atoms with Gasteiger partial charge in [0.15, 0.2) is 0 Å². The van der Waals surface area contributed by atoms with Gasteiger partial charge in [-0.1, -0.05) is 25.1 Å². The standard InChI is InChI=1S/C14H22N2O2S/c1-14(8-10-16(2)11-9-14)12-15-19(17,18)13-6-4-3-5-7-13/h3-7,15H,8-12H2,1-2H3. The van der Waals surface area contributed by atoms with Crippen molar-refractivity contribution in [3.63, 3.8) is 0 Å². The molecule has 0 saturated carbocycles. The van der Waals surface area contributed by atoms with Crippen molar-refractivity contribution in [2.24, 2.45) is 5.41 Å². The summed E-state index contributed by atoms with van der Waals surface area (Å²) in [6.45, 7) is 4.73. The average Bonchev–Trinajstić information content (AvgIpc) is 2.42. The highest BCUT2D eigenvalue weighted by atomic mass is 32.2. The van der Waals surface area contributed by atoms with Crippen LogP contribution in [-0.2, 0) is 10.0 Å². The van der Waals surface area contributed by atoms with Crippen LogP contribution in [0.4, 0.5) is 0 Å². The molecule has 0 atom stereocenters. The second kappa shape index (κ2) is 5.61. The zero-order valence-electron chi connectivity index (χ0n) is 11.6. The Labute approximate surface area is 115 Å². The molecule has 4 nitrogen and oxygen atoms in total. The molecule has 1 heterocycles. The van der Waals surface area contributed by atoms with E-state index in [9.17, 15) is 8.42 Å². The molecule has 1 aliphatic heterocycles. The number of nitrogens with zero attached hydrogens (tertiary/aromatic N) is 1. The van der Waals surface area contributed by atoms with Crippen LogP contribution in [0.2, 0.25) is 0 Å². The highest BCUT2D eigenvalue weighted by Crippen LogP contribution is 2.29. The first-order chi connectivity index (χ1) is 8.91. The van der Waals surface area contributed by atoms with Gasteiger partial charge in [-0.15, -0.1) is 0 Å². The first-order valence-electron chi connectivity index (χ1n) is 6.65. The van der Waals surface area contributed by atoms with E-state index in [1.165, 1.54) is 0 Å². The first kappa shape index (κ1) is 14.5. The minimum Gasteiger partial charge on any atom is -0.306 e. The fourth-order valence-corrected chi connectivity index (χ4v) is 3.51. The number of sulfonamides is 1. The number of hydrogen-bond acceptors (Lipinski definition) is 3. The van der Waals surface area contributed by atoms with Crippen molar-refractivity contribution < 1.29 is 8.42 Å². The van der Waals surface area contributed by atoms with Crippen molar-refractivity contribution in [3.8, 4) is 0 Å². The Morgan fingerprint density at radius 3 is 2.37 bits per heavy atom. The van der Waals surface area contributed by atoms with E-state index in [4.69, 9.17) is 0 Å². The lowest BCUT2D eigenvalue weighted by Gasteiger charge is -2.37. The molecule has 1 saturated heterocycles. The summed E-state index contributed by atoms with van der Waals surface area (Å²) in [6, 6.07) is 8.55. The third-order valence-electron chi connectivity index (χ3n) is 3.94. The van der Waals surface area contributed by atoms with Gasteiger partial charge in [-0.25, -0.2) is 13.1 Å². The Morgan fingerprint density at radius 1 is 1.21 bits per heavy atom. The number of likely N-dealkylation sites (tertiary alicyclic amines) is 1. The van der Waals surface area contributed by atoms with Crippen LogP contribution in [-0.4, -0.2) is 40.0 Å². The highest BCUT2D eigenvalue weighted by molar-refractivity contribution is 7.89. The lowest BCUT2D eigenvalue weighted by Crippen LogP contribution is -2.43. The van der Waals surface area contributed by atoms with Crippen LogP contribution in [0.5, 0.6) is 0 Å². The number of rotatable bonds is 4. The predicted molar refractivity (Wildman–Crippen MR) is 76.5 cm³/mol. The van der Waals surface area contributed by atoms with Crippen LogP contribution in [0.3, 0.4) is 0 Å². The maximum Gasteiger partial charge on any atom is 0.240 e. The van der Waals surface area contributed by atoms with Gasteiger partial charge in [0.2, 0.25) is 10.0 Å². The Bertz CT molecular complexity index is 506. The van der Waals surface area contributed by atoms with Crippen LogP contribution in [0, 0.1) is 5.41 Å². The van der Waals surface area contributed by atoms with Crippen LogP contribution < -0.4 is 4.72 Å². The van der Waals surface area contributed by atoms with Crippen molar-refractivity contribution >= 4 is 10.0 Å². The van der Waals surface area contributed by atoms with Gasteiger partial charge < -0.3 is 4.90 Å². The Morgan fingerprint density at radius 2 is 1.79 bits per heavy atom. The van der Waals surface area contributed by atoms with Crippen molar-refractivity contribution in [3.05, 3.63) is 30.3 Å². The SMILES string of the molecule is CN1CCC(C)(CNS(=O)(=O)c2ccccc2)CC1. The summed E-state index contributed by atoms with van der Waals surface area (Å²) >= 11 is 0. The van der Waals surface area contributed by atoms with Gasteiger partial charge in [-0.05, 0) is 50.5 Å². The average molecular weight is 282 g/mol. The number of hydrogen-bond donors (Lipinski definition) is 1. The smallest absolute Gasteiger partial charge is 0.240 e. The highest BCUT2D eigenvalue weighted by Gasteiger charge is 2.30. The fourth-order valence-electron chi connectivity index (χ4n) is 2.29. The van der Waals surface area contributed by atoms with E-state index in [1.807, 2.05) is 6.07 Å². The summed E-state index contributed by atoms with van der Waals surface area (Å²) in [5, 5.41) is 0. The lowest BCUT2D eigenvalue weighted by atomic mass is 9.81. The summed E-state index contributed by atoms with van der Waals surface area (Å²) in [5.41, 5.74) is 0.0638. The van der Waals surface area contributed by atoms with Crippen LogP contribution in [0.15, 0.2) is 35.2 Å². The molecule has 1 aliphatic rings. The van der Waals surface area contributed by atoms with Crippen molar-refractivity contribution in [1.29, 1.82) is 0 Å². The van der Waals surface area contributed by atoms with Gasteiger partial charge in [0, 0.05) is 6.54 Å². The van der Waals surface area contributed by atoms with Crippen molar-refractivity contribution in [1.82, 2.24) is 9.62 Å². The van der Waals surface area contributed by atoms with Gasteiger partial charge in [0.1, 0.15) is 0 Å². The van der Waals surface area contributed by atoms with Crippen molar-refractivity contribution in [2.45, 2.75) is 24.7 Å².